The van der Waals surface area contributed by atoms with Crippen LogP contribution in [0.3, 0.4) is 0 Å². The Morgan fingerprint density at radius 1 is 1.37 bits per heavy atom. The molecule has 1 atom stereocenters. The minimum Gasteiger partial charge on any atom is -0.384 e. The average Bonchev–Trinajstić information content (AvgIpc) is 2.84. The van der Waals surface area contributed by atoms with E-state index in [4.69, 9.17) is 0 Å². The lowest BCUT2D eigenvalue weighted by atomic mass is 9.96. The Kier molecular flexibility index (Phi) is 3.65. The van der Waals surface area contributed by atoms with Gasteiger partial charge in [0.1, 0.15) is 6.10 Å². The lowest BCUT2D eigenvalue weighted by Crippen LogP contribution is -2.24. The van der Waals surface area contributed by atoms with Gasteiger partial charge in [-0.1, -0.05) is 12.1 Å². The van der Waals surface area contributed by atoms with Crippen molar-refractivity contribution in [3.8, 4) is 0 Å². The third-order valence-corrected chi connectivity index (χ3v) is 5.46. The third kappa shape index (κ3) is 2.45. The van der Waals surface area contributed by atoms with Gasteiger partial charge in [0.2, 0.25) is 0 Å². The number of rotatable bonds is 2. The van der Waals surface area contributed by atoms with E-state index in [-0.39, 0.29) is 0 Å². The molecule has 0 aliphatic carbocycles. The third-order valence-electron chi connectivity index (χ3n) is 3.71. The molecule has 0 saturated carbocycles. The normalized spacial score (nSPS) is 16.3. The molecule has 19 heavy (non-hydrogen) atoms. The molecule has 2 heterocycles. The fraction of sp³-hybridized carbons (Fsp3) is 0.333. The summed E-state index contributed by atoms with van der Waals surface area (Å²) in [6.45, 7) is 1.12. The van der Waals surface area contributed by atoms with Crippen molar-refractivity contribution in [1.82, 2.24) is 0 Å². The summed E-state index contributed by atoms with van der Waals surface area (Å²) in [5, 5.41) is 14.5. The van der Waals surface area contributed by atoms with Gasteiger partial charge in [-0.05, 0) is 51.3 Å². The zero-order valence-electron chi connectivity index (χ0n) is 10.8. The van der Waals surface area contributed by atoms with Gasteiger partial charge in [0.15, 0.2) is 0 Å². The summed E-state index contributed by atoms with van der Waals surface area (Å²) in [6, 6.07) is 6.32. The number of anilines is 1. The van der Waals surface area contributed by atoms with Crippen LogP contribution in [0.4, 0.5) is 5.69 Å². The number of hydrogen-bond acceptors (Lipinski definition) is 3. The summed E-state index contributed by atoms with van der Waals surface area (Å²) < 4.78 is 0.986. The Morgan fingerprint density at radius 3 is 2.95 bits per heavy atom. The van der Waals surface area contributed by atoms with Gasteiger partial charge >= 0.3 is 0 Å². The number of fused-ring (bicyclic) bond motifs is 1. The van der Waals surface area contributed by atoms with Crippen LogP contribution in [0.25, 0.3) is 0 Å². The van der Waals surface area contributed by atoms with Crippen LogP contribution in [-0.4, -0.2) is 18.7 Å². The van der Waals surface area contributed by atoms with E-state index in [1.807, 2.05) is 16.8 Å². The van der Waals surface area contributed by atoms with Gasteiger partial charge in [0, 0.05) is 34.7 Å². The minimum atomic E-state index is -0.543. The number of hydrogen-bond donors (Lipinski definition) is 1. The molecule has 0 radical (unpaired) electrons. The topological polar surface area (TPSA) is 23.5 Å². The molecule has 100 valence electrons. The van der Waals surface area contributed by atoms with Gasteiger partial charge in [-0.3, -0.25) is 0 Å². The predicted octanol–water partition coefficient (Wildman–Crippen LogP) is 3.97. The van der Waals surface area contributed by atoms with Crippen molar-refractivity contribution >= 4 is 33.0 Å². The highest BCUT2D eigenvalue weighted by atomic mass is 79.9. The SMILES string of the molecule is CN1CCCc2cc(C(O)c3cscc3Br)ccc21. The molecule has 1 aliphatic rings. The number of thiophene rings is 1. The van der Waals surface area contributed by atoms with Crippen molar-refractivity contribution < 1.29 is 5.11 Å². The van der Waals surface area contributed by atoms with Crippen LogP contribution in [-0.2, 0) is 6.42 Å². The number of halogens is 1. The minimum absolute atomic E-state index is 0.543. The summed E-state index contributed by atoms with van der Waals surface area (Å²) in [4.78, 5) is 2.29. The van der Waals surface area contributed by atoms with Crippen molar-refractivity contribution in [2.45, 2.75) is 18.9 Å². The molecule has 2 nitrogen and oxygen atoms in total. The van der Waals surface area contributed by atoms with Crippen molar-refractivity contribution in [3.63, 3.8) is 0 Å². The van der Waals surface area contributed by atoms with Crippen LogP contribution in [0.15, 0.2) is 33.4 Å². The first-order valence-corrected chi connectivity index (χ1v) is 8.14. The van der Waals surface area contributed by atoms with Crippen molar-refractivity contribution in [2.75, 3.05) is 18.5 Å². The Labute approximate surface area is 125 Å². The Bertz CT molecular complexity index is 596. The molecule has 3 rings (SSSR count). The van der Waals surface area contributed by atoms with Crippen LogP contribution in [0.5, 0.6) is 0 Å². The first-order valence-electron chi connectivity index (χ1n) is 6.40. The Morgan fingerprint density at radius 2 is 2.21 bits per heavy atom. The Hall–Kier alpha value is -0.840. The molecule has 4 heteroatoms. The van der Waals surface area contributed by atoms with E-state index < -0.39 is 6.10 Å². The van der Waals surface area contributed by atoms with Gasteiger partial charge in [0.25, 0.3) is 0 Å². The molecule has 1 aromatic carbocycles. The number of aryl methyl sites for hydroxylation is 1. The van der Waals surface area contributed by atoms with Gasteiger partial charge in [-0.25, -0.2) is 0 Å². The van der Waals surface area contributed by atoms with E-state index in [0.29, 0.717) is 0 Å². The van der Waals surface area contributed by atoms with E-state index in [1.165, 1.54) is 17.7 Å². The molecule has 2 aromatic rings. The first kappa shape index (κ1) is 13.2. The highest BCUT2D eigenvalue weighted by Crippen LogP contribution is 2.34. The van der Waals surface area contributed by atoms with E-state index in [9.17, 15) is 5.11 Å². The number of nitrogens with zero attached hydrogens (tertiary/aromatic N) is 1. The number of aliphatic hydroxyl groups is 1. The smallest absolute Gasteiger partial charge is 0.106 e. The number of benzene rings is 1. The molecule has 1 unspecified atom stereocenters. The summed E-state index contributed by atoms with van der Waals surface area (Å²) >= 11 is 5.09. The van der Waals surface area contributed by atoms with Crippen LogP contribution in [0, 0.1) is 0 Å². The van der Waals surface area contributed by atoms with E-state index in [2.05, 4.69) is 40.0 Å². The summed E-state index contributed by atoms with van der Waals surface area (Å²) in [5.41, 5.74) is 4.57. The van der Waals surface area contributed by atoms with E-state index in [0.717, 1.165) is 28.6 Å². The molecule has 1 N–H and O–H groups in total. The second kappa shape index (κ2) is 5.27. The summed E-state index contributed by atoms with van der Waals surface area (Å²) in [7, 11) is 2.13. The maximum absolute atomic E-state index is 10.5. The fourth-order valence-corrected chi connectivity index (χ4v) is 4.17. The zero-order valence-corrected chi connectivity index (χ0v) is 13.2. The average molecular weight is 338 g/mol. The molecular weight excluding hydrogens is 322 g/mol. The second-order valence-electron chi connectivity index (χ2n) is 4.99. The van der Waals surface area contributed by atoms with Crippen LogP contribution < -0.4 is 4.90 Å². The summed E-state index contributed by atoms with van der Waals surface area (Å²) in [5.74, 6) is 0. The molecule has 0 amide bonds. The second-order valence-corrected chi connectivity index (χ2v) is 6.59. The van der Waals surface area contributed by atoms with Crippen molar-refractivity contribution in [2.24, 2.45) is 0 Å². The highest BCUT2D eigenvalue weighted by molar-refractivity contribution is 9.10. The standard InChI is InChI=1S/C15H16BrNOS/c1-17-6-2-3-10-7-11(4-5-14(10)17)15(18)12-8-19-9-13(12)16/h4-5,7-9,15,18H,2-3,6H2,1H3. The van der Waals surface area contributed by atoms with E-state index in [1.54, 1.807) is 11.3 Å². The van der Waals surface area contributed by atoms with Crippen LogP contribution >= 0.6 is 27.3 Å². The van der Waals surface area contributed by atoms with Crippen LogP contribution in [0.1, 0.15) is 29.2 Å². The van der Waals surface area contributed by atoms with Gasteiger partial charge in [-0.2, -0.15) is 11.3 Å². The summed E-state index contributed by atoms with van der Waals surface area (Å²) in [6.07, 6.45) is 1.74. The largest absolute Gasteiger partial charge is 0.384 e. The van der Waals surface area contributed by atoms with Gasteiger partial charge < -0.3 is 10.0 Å². The van der Waals surface area contributed by atoms with Crippen molar-refractivity contribution in [1.29, 1.82) is 0 Å². The monoisotopic (exact) mass is 337 g/mol. The maximum atomic E-state index is 10.5. The Balaban J connectivity index is 1.96. The highest BCUT2D eigenvalue weighted by Gasteiger charge is 2.18. The molecule has 0 spiro atoms. The quantitative estimate of drug-likeness (QED) is 0.896. The number of aliphatic hydroxyl groups excluding tert-OH is 1. The molecule has 1 aromatic heterocycles. The fourth-order valence-electron chi connectivity index (χ4n) is 2.64. The zero-order chi connectivity index (χ0) is 13.4. The van der Waals surface area contributed by atoms with Crippen molar-refractivity contribution in [3.05, 3.63) is 50.1 Å². The molecule has 0 bridgehead atoms. The van der Waals surface area contributed by atoms with Gasteiger partial charge in [0.05, 0.1) is 0 Å². The molecule has 1 aliphatic heterocycles. The molecular formula is C15H16BrNOS. The predicted molar refractivity (Wildman–Crippen MR) is 84.1 cm³/mol. The molecule has 0 fully saturated rings. The maximum Gasteiger partial charge on any atom is 0.106 e. The lowest BCUT2D eigenvalue weighted by molar-refractivity contribution is 0.220. The van der Waals surface area contributed by atoms with E-state index >= 15 is 0 Å². The lowest BCUT2D eigenvalue weighted by Gasteiger charge is -2.28. The van der Waals surface area contributed by atoms with Crippen LogP contribution in [0.2, 0.25) is 0 Å². The first-order chi connectivity index (χ1) is 9.16. The molecule has 0 saturated heterocycles. The van der Waals surface area contributed by atoms with Gasteiger partial charge in [-0.15, -0.1) is 0 Å².